The molecule has 2 heterocycles. The van der Waals surface area contributed by atoms with E-state index in [1.165, 1.54) is 6.20 Å². The molecule has 3 atom stereocenters. The molecule has 1 fully saturated rings. The van der Waals surface area contributed by atoms with Crippen LogP contribution in [0.1, 0.15) is 26.0 Å². The average Bonchev–Trinajstić information content (AvgIpc) is 2.67. The summed E-state index contributed by atoms with van der Waals surface area (Å²) in [5.41, 5.74) is -2.23. The van der Waals surface area contributed by atoms with Gasteiger partial charge in [0, 0.05) is 18.7 Å². The van der Waals surface area contributed by atoms with Crippen LogP contribution in [-0.2, 0) is 4.74 Å². The summed E-state index contributed by atoms with van der Waals surface area (Å²) >= 11 is 0. The summed E-state index contributed by atoms with van der Waals surface area (Å²) in [5.74, 6) is 0. The molecule has 18 heavy (non-hydrogen) atoms. The molecule has 0 radical (unpaired) electrons. The zero-order chi connectivity index (χ0) is 13.3. The third-order valence-corrected chi connectivity index (χ3v) is 3.30. The van der Waals surface area contributed by atoms with Crippen molar-refractivity contribution in [3.8, 4) is 0 Å². The number of aromatic nitrogens is 2. The van der Waals surface area contributed by atoms with Crippen LogP contribution in [0.4, 0.5) is 4.39 Å². The minimum atomic E-state index is -1.40. The fourth-order valence-corrected chi connectivity index (χ4v) is 2.13. The SMILES string of the molecule is CC[C@@]1(CO)C[C@@H](F)[C@H](n2ccc(=O)[nH]c2=O)O1. The number of alkyl halides is 1. The summed E-state index contributed by atoms with van der Waals surface area (Å²) in [7, 11) is 0. The lowest BCUT2D eigenvalue weighted by atomic mass is 9.97. The molecule has 2 rings (SSSR count). The van der Waals surface area contributed by atoms with Crippen LogP contribution in [0.3, 0.4) is 0 Å². The van der Waals surface area contributed by atoms with Crippen molar-refractivity contribution in [2.24, 2.45) is 0 Å². The third-order valence-electron chi connectivity index (χ3n) is 3.30. The molecular formula is C11H15FN2O4. The zero-order valence-electron chi connectivity index (χ0n) is 9.93. The lowest BCUT2D eigenvalue weighted by molar-refractivity contribution is -0.107. The van der Waals surface area contributed by atoms with E-state index in [1.807, 2.05) is 4.98 Å². The van der Waals surface area contributed by atoms with Crippen molar-refractivity contribution < 1.29 is 14.2 Å². The van der Waals surface area contributed by atoms with Crippen molar-refractivity contribution in [3.63, 3.8) is 0 Å². The largest absolute Gasteiger partial charge is 0.393 e. The molecule has 2 N–H and O–H groups in total. The van der Waals surface area contributed by atoms with E-state index in [0.717, 1.165) is 10.6 Å². The first-order valence-electron chi connectivity index (χ1n) is 5.75. The average molecular weight is 258 g/mol. The smallest absolute Gasteiger partial charge is 0.330 e. The van der Waals surface area contributed by atoms with E-state index in [4.69, 9.17) is 4.74 Å². The molecule has 1 aromatic heterocycles. The van der Waals surface area contributed by atoms with Crippen molar-refractivity contribution in [1.29, 1.82) is 0 Å². The summed E-state index contributed by atoms with van der Waals surface area (Å²) in [6.07, 6.45) is -0.849. The second kappa shape index (κ2) is 4.66. The Hall–Kier alpha value is -1.47. The predicted octanol–water partition coefficient (Wildman–Crippen LogP) is -0.0653. The van der Waals surface area contributed by atoms with E-state index in [1.54, 1.807) is 6.92 Å². The van der Waals surface area contributed by atoms with Gasteiger partial charge in [-0.05, 0) is 6.42 Å². The van der Waals surface area contributed by atoms with Gasteiger partial charge in [-0.3, -0.25) is 14.3 Å². The Bertz CT molecular complexity index is 534. The number of aliphatic hydroxyl groups is 1. The number of aromatic amines is 1. The van der Waals surface area contributed by atoms with E-state index in [2.05, 4.69) is 0 Å². The molecule has 0 aromatic carbocycles. The normalized spacial score (nSPS) is 31.7. The molecule has 1 aliphatic heterocycles. The van der Waals surface area contributed by atoms with Crippen molar-refractivity contribution in [2.75, 3.05) is 6.61 Å². The third kappa shape index (κ3) is 2.11. The lowest BCUT2D eigenvalue weighted by Gasteiger charge is -2.25. The molecule has 0 unspecified atom stereocenters. The molecule has 0 saturated carbocycles. The molecule has 0 aliphatic carbocycles. The van der Waals surface area contributed by atoms with Gasteiger partial charge in [0.25, 0.3) is 5.56 Å². The highest BCUT2D eigenvalue weighted by Gasteiger charge is 2.46. The number of ether oxygens (including phenoxy) is 1. The molecule has 7 heteroatoms. The van der Waals surface area contributed by atoms with Gasteiger partial charge in [-0.1, -0.05) is 6.92 Å². The number of hydrogen-bond acceptors (Lipinski definition) is 4. The number of nitrogens with one attached hydrogen (secondary N) is 1. The Morgan fingerprint density at radius 3 is 2.89 bits per heavy atom. The molecule has 6 nitrogen and oxygen atoms in total. The standard InChI is InChI=1S/C11H15FN2O4/c1-2-11(6-15)5-7(12)9(18-11)14-4-3-8(16)13-10(14)17/h3-4,7,9,15H,2,5-6H2,1H3,(H,13,16,17)/t7-,9-,11+/m1/s1. The summed E-state index contributed by atoms with van der Waals surface area (Å²) in [6.45, 7) is 1.47. The molecule has 1 aromatic rings. The van der Waals surface area contributed by atoms with Gasteiger partial charge in [-0.25, -0.2) is 9.18 Å². The Labute approximate surface area is 102 Å². The molecular weight excluding hydrogens is 243 g/mol. The van der Waals surface area contributed by atoms with Crippen LogP contribution in [-0.4, -0.2) is 33.0 Å². The van der Waals surface area contributed by atoms with E-state index < -0.39 is 29.2 Å². The van der Waals surface area contributed by atoms with Gasteiger partial charge in [0.1, 0.15) is 6.17 Å². The lowest BCUT2D eigenvalue weighted by Crippen LogP contribution is -2.36. The van der Waals surface area contributed by atoms with E-state index >= 15 is 0 Å². The van der Waals surface area contributed by atoms with Gasteiger partial charge in [-0.15, -0.1) is 0 Å². The van der Waals surface area contributed by atoms with Crippen LogP contribution in [0.2, 0.25) is 0 Å². The number of hydrogen-bond donors (Lipinski definition) is 2. The second-order valence-electron chi connectivity index (χ2n) is 4.44. The van der Waals surface area contributed by atoms with Crippen LogP contribution < -0.4 is 11.2 Å². The Morgan fingerprint density at radius 2 is 2.39 bits per heavy atom. The number of halogens is 1. The zero-order valence-corrected chi connectivity index (χ0v) is 9.93. The van der Waals surface area contributed by atoms with Crippen LogP contribution in [0.25, 0.3) is 0 Å². The Kier molecular flexibility index (Phi) is 3.36. The second-order valence-corrected chi connectivity index (χ2v) is 4.44. The molecule has 1 aliphatic rings. The first-order chi connectivity index (χ1) is 8.51. The summed E-state index contributed by atoms with van der Waals surface area (Å²) in [4.78, 5) is 24.5. The topological polar surface area (TPSA) is 84.3 Å². The Morgan fingerprint density at radius 1 is 1.67 bits per heavy atom. The molecule has 0 spiro atoms. The minimum Gasteiger partial charge on any atom is -0.393 e. The van der Waals surface area contributed by atoms with Crippen LogP contribution in [0.5, 0.6) is 0 Å². The maximum Gasteiger partial charge on any atom is 0.330 e. The number of rotatable bonds is 3. The highest BCUT2D eigenvalue weighted by molar-refractivity contribution is 4.94. The van der Waals surface area contributed by atoms with Crippen LogP contribution in [0.15, 0.2) is 21.9 Å². The molecule has 1 saturated heterocycles. The van der Waals surface area contributed by atoms with E-state index in [-0.39, 0.29) is 13.0 Å². The molecule has 0 amide bonds. The fraction of sp³-hybridized carbons (Fsp3) is 0.636. The predicted molar refractivity (Wildman–Crippen MR) is 61.1 cm³/mol. The Balaban J connectivity index is 2.35. The summed E-state index contributed by atoms with van der Waals surface area (Å²) in [6, 6.07) is 1.13. The van der Waals surface area contributed by atoms with Gasteiger partial charge in [0.15, 0.2) is 6.23 Å². The van der Waals surface area contributed by atoms with Gasteiger partial charge < -0.3 is 9.84 Å². The molecule has 100 valence electrons. The highest BCUT2D eigenvalue weighted by atomic mass is 19.1. The summed E-state index contributed by atoms with van der Waals surface area (Å²) in [5, 5.41) is 9.28. The van der Waals surface area contributed by atoms with Crippen molar-refractivity contribution in [1.82, 2.24) is 9.55 Å². The maximum absolute atomic E-state index is 13.9. The van der Waals surface area contributed by atoms with Gasteiger partial charge in [-0.2, -0.15) is 0 Å². The minimum absolute atomic E-state index is 0.0240. The van der Waals surface area contributed by atoms with Gasteiger partial charge in [0.05, 0.1) is 12.2 Å². The monoisotopic (exact) mass is 258 g/mol. The van der Waals surface area contributed by atoms with Crippen LogP contribution >= 0.6 is 0 Å². The van der Waals surface area contributed by atoms with Crippen molar-refractivity contribution in [3.05, 3.63) is 33.1 Å². The van der Waals surface area contributed by atoms with Crippen molar-refractivity contribution in [2.45, 2.75) is 37.8 Å². The summed E-state index contributed by atoms with van der Waals surface area (Å²) < 4.78 is 20.4. The fourth-order valence-electron chi connectivity index (χ4n) is 2.13. The number of aliphatic hydroxyl groups excluding tert-OH is 1. The van der Waals surface area contributed by atoms with Crippen molar-refractivity contribution >= 4 is 0 Å². The van der Waals surface area contributed by atoms with Gasteiger partial charge >= 0.3 is 5.69 Å². The highest BCUT2D eigenvalue weighted by Crippen LogP contribution is 2.39. The van der Waals surface area contributed by atoms with Gasteiger partial charge in [0.2, 0.25) is 0 Å². The maximum atomic E-state index is 13.9. The van der Waals surface area contributed by atoms with E-state index in [9.17, 15) is 19.1 Å². The first kappa shape index (κ1) is 13.0. The number of nitrogens with zero attached hydrogens (tertiary/aromatic N) is 1. The molecule has 0 bridgehead atoms. The number of H-pyrrole nitrogens is 1. The quantitative estimate of drug-likeness (QED) is 0.795. The first-order valence-corrected chi connectivity index (χ1v) is 5.75. The van der Waals surface area contributed by atoms with Crippen LogP contribution in [0, 0.1) is 0 Å². The van der Waals surface area contributed by atoms with E-state index in [0.29, 0.717) is 6.42 Å².